The molecule has 2 N–H and O–H groups in total. The number of aryl methyl sites for hydroxylation is 1. The van der Waals surface area contributed by atoms with Crippen molar-refractivity contribution in [3.8, 4) is 28.8 Å². The van der Waals surface area contributed by atoms with Crippen LogP contribution < -0.4 is 19.7 Å². The molecule has 6 heterocycles. The quantitative estimate of drug-likeness (QED) is 0.257. The van der Waals surface area contributed by atoms with Gasteiger partial charge in [0.05, 0.1) is 16.6 Å². The van der Waals surface area contributed by atoms with Gasteiger partial charge in [-0.1, -0.05) is 6.07 Å². The second-order valence-corrected chi connectivity index (χ2v) is 12.9. The summed E-state index contributed by atoms with van der Waals surface area (Å²) in [5.74, 6) is -3.24. The lowest BCUT2D eigenvalue weighted by Crippen LogP contribution is -2.52. The van der Waals surface area contributed by atoms with Crippen molar-refractivity contribution in [1.29, 1.82) is 0 Å². The molecule has 0 amide bonds. The Morgan fingerprint density at radius 3 is 2.60 bits per heavy atom. The number of benzene rings is 2. The molecule has 14 heteroatoms. The van der Waals surface area contributed by atoms with Gasteiger partial charge in [-0.25, -0.2) is 13.8 Å². The Hall–Kier alpha value is -4.04. The average Bonchev–Trinajstić information content (AvgIpc) is 3.61. The van der Waals surface area contributed by atoms with Crippen molar-refractivity contribution >= 4 is 27.5 Å². The van der Waals surface area contributed by atoms with Crippen LogP contribution in [0.1, 0.15) is 44.2 Å². The third kappa shape index (κ3) is 5.25. The number of hydrogen-bond acceptors (Lipinski definition) is 9. The van der Waals surface area contributed by atoms with E-state index in [2.05, 4.69) is 29.8 Å². The molecule has 2 aromatic heterocycles. The topological polar surface area (TPSA) is 95.9 Å². The maximum absolute atomic E-state index is 17.0. The molecule has 0 bridgehead atoms. The van der Waals surface area contributed by atoms with Gasteiger partial charge < -0.3 is 24.8 Å². The highest BCUT2D eigenvalue weighted by atomic mass is 19.4. The average molecular weight is 657 g/mol. The zero-order chi connectivity index (χ0) is 32.5. The molecule has 4 aromatic rings. The third-order valence-electron chi connectivity index (χ3n) is 10.2. The summed E-state index contributed by atoms with van der Waals surface area (Å²) in [5, 5.41) is 14.1. The smallest absolute Gasteiger partial charge is 0.508 e. The van der Waals surface area contributed by atoms with E-state index in [0.717, 1.165) is 69.9 Å². The van der Waals surface area contributed by atoms with Gasteiger partial charge in [0, 0.05) is 36.6 Å². The predicted octanol–water partition coefficient (Wildman–Crippen LogP) is 5.85. The van der Waals surface area contributed by atoms with Crippen LogP contribution in [0.2, 0.25) is 0 Å². The highest BCUT2D eigenvalue weighted by Gasteiger charge is 2.45. The van der Waals surface area contributed by atoms with Gasteiger partial charge >= 0.3 is 12.4 Å². The van der Waals surface area contributed by atoms with E-state index in [1.807, 2.05) is 0 Å². The maximum atomic E-state index is 17.0. The van der Waals surface area contributed by atoms with Crippen LogP contribution >= 0.6 is 0 Å². The fourth-order valence-corrected chi connectivity index (χ4v) is 8.09. The Morgan fingerprint density at radius 2 is 1.81 bits per heavy atom. The molecule has 47 heavy (non-hydrogen) atoms. The molecule has 0 spiro atoms. The van der Waals surface area contributed by atoms with Gasteiger partial charge in [0.15, 0.2) is 17.4 Å². The minimum absolute atomic E-state index is 0.00777. The first kappa shape index (κ1) is 30.3. The van der Waals surface area contributed by atoms with Gasteiger partial charge in [-0.05, 0) is 81.6 Å². The number of phenols is 1. The van der Waals surface area contributed by atoms with Gasteiger partial charge in [-0.3, -0.25) is 4.90 Å². The van der Waals surface area contributed by atoms with Crippen LogP contribution in [0.5, 0.6) is 17.5 Å². The van der Waals surface area contributed by atoms with E-state index in [0.29, 0.717) is 49.4 Å². The molecule has 3 saturated heterocycles. The first-order valence-electron chi connectivity index (χ1n) is 16.1. The van der Waals surface area contributed by atoms with Crippen LogP contribution in [0.4, 0.5) is 27.8 Å². The molecule has 1 unspecified atom stereocenters. The Kier molecular flexibility index (Phi) is 7.28. The van der Waals surface area contributed by atoms with Crippen LogP contribution in [0, 0.1) is 11.6 Å². The van der Waals surface area contributed by atoms with Crippen molar-refractivity contribution in [3.05, 3.63) is 41.6 Å². The number of aromatic nitrogens is 3. The molecule has 0 saturated carbocycles. The van der Waals surface area contributed by atoms with Crippen LogP contribution in [0.3, 0.4) is 0 Å². The zero-order valence-corrected chi connectivity index (χ0v) is 25.5. The largest absolute Gasteiger partial charge is 0.573 e. The predicted molar refractivity (Wildman–Crippen MR) is 164 cm³/mol. The summed E-state index contributed by atoms with van der Waals surface area (Å²) < 4.78 is 82.9. The molecule has 1 atom stereocenters. The lowest BCUT2D eigenvalue weighted by Gasteiger charge is -2.39. The Labute approximate surface area is 266 Å². The Bertz CT molecular complexity index is 1880. The molecule has 248 valence electrons. The second kappa shape index (κ2) is 11.3. The number of anilines is 1. The second-order valence-electron chi connectivity index (χ2n) is 12.9. The standard InChI is InChI=1S/C33H33F5N6O3/c34-22-7-6-18-14-20(45)15-21(24(18)29(22)47-33(36,37)38)27-26(35)28-25-23(40-27)5-1-4-19-16-39-10-13-44(19)30(25)42-31(41-28)46-17-32-8-2-11-43(32)12-3-9-32/h6-7,14-15,19,39,45H,1-5,8-13,16-17H2. The number of alkyl halides is 3. The molecular weight excluding hydrogens is 623 g/mol. The van der Waals surface area contributed by atoms with Gasteiger partial charge in [-0.15, -0.1) is 13.2 Å². The number of nitrogens with one attached hydrogen (secondary N) is 1. The van der Waals surface area contributed by atoms with E-state index in [9.17, 15) is 22.7 Å². The van der Waals surface area contributed by atoms with Gasteiger partial charge in [0.1, 0.15) is 29.4 Å². The first-order chi connectivity index (χ1) is 22.6. The van der Waals surface area contributed by atoms with Gasteiger partial charge in [0.2, 0.25) is 0 Å². The van der Waals surface area contributed by atoms with E-state index in [-0.39, 0.29) is 50.9 Å². The fraction of sp³-hybridized carbons (Fsp3) is 0.485. The van der Waals surface area contributed by atoms with Crippen molar-refractivity contribution in [2.24, 2.45) is 0 Å². The molecule has 3 fully saturated rings. The number of nitrogens with zero attached hydrogens (tertiary/aromatic N) is 5. The number of halogens is 5. The molecule has 9 nitrogen and oxygen atoms in total. The molecule has 2 aromatic carbocycles. The SMILES string of the molecule is Oc1cc(-c2nc3c4c(nc(OCC56CCCN5CCC6)nc4c2F)N2CCNCC2CCC3)c2c(OC(F)(F)F)c(F)ccc2c1. The van der Waals surface area contributed by atoms with E-state index in [1.165, 1.54) is 6.07 Å². The summed E-state index contributed by atoms with van der Waals surface area (Å²) in [4.78, 5) is 18.7. The summed E-state index contributed by atoms with van der Waals surface area (Å²) in [6.07, 6.45) is 0.798. The Morgan fingerprint density at radius 1 is 1.00 bits per heavy atom. The summed E-state index contributed by atoms with van der Waals surface area (Å²) in [5.41, 5.74) is -0.394. The number of aromatic hydroxyl groups is 1. The number of piperazine rings is 1. The number of phenolic OH excluding ortho intramolecular Hbond substituents is 1. The number of hydrogen-bond donors (Lipinski definition) is 2. The minimum Gasteiger partial charge on any atom is -0.508 e. The molecule has 4 aliphatic rings. The normalized spacial score (nSPS) is 21.0. The molecular formula is C33H33F5N6O3. The number of fused-ring (bicyclic) bond motifs is 4. The number of pyridine rings is 1. The van der Waals surface area contributed by atoms with E-state index in [4.69, 9.17) is 9.72 Å². The van der Waals surface area contributed by atoms with Crippen LogP contribution in [-0.4, -0.2) is 82.2 Å². The zero-order valence-electron chi connectivity index (χ0n) is 25.5. The van der Waals surface area contributed by atoms with Crippen molar-refractivity contribution < 1.29 is 36.5 Å². The number of ether oxygens (including phenoxy) is 2. The maximum Gasteiger partial charge on any atom is 0.573 e. The molecule has 0 aliphatic carbocycles. The highest BCUT2D eigenvalue weighted by molar-refractivity contribution is 6.04. The van der Waals surface area contributed by atoms with Crippen LogP contribution in [0.25, 0.3) is 32.9 Å². The summed E-state index contributed by atoms with van der Waals surface area (Å²) >= 11 is 0. The molecule has 0 radical (unpaired) electrons. The summed E-state index contributed by atoms with van der Waals surface area (Å²) in [6.45, 7) is 4.39. The fourth-order valence-electron chi connectivity index (χ4n) is 8.09. The minimum atomic E-state index is -5.23. The van der Waals surface area contributed by atoms with Crippen LogP contribution in [0.15, 0.2) is 24.3 Å². The lowest BCUT2D eigenvalue weighted by molar-refractivity contribution is -0.275. The van der Waals surface area contributed by atoms with Crippen molar-refractivity contribution in [2.45, 2.75) is 62.9 Å². The highest BCUT2D eigenvalue weighted by Crippen LogP contribution is 2.45. The Balaban J connectivity index is 1.35. The monoisotopic (exact) mass is 656 g/mol. The first-order valence-corrected chi connectivity index (χ1v) is 16.1. The van der Waals surface area contributed by atoms with Crippen molar-refractivity contribution in [1.82, 2.24) is 25.2 Å². The van der Waals surface area contributed by atoms with Crippen molar-refractivity contribution in [3.63, 3.8) is 0 Å². The molecule has 8 rings (SSSR count). The van der Waals surface area contributed by atoms with E-state index >= 15 is 4.39 Å². The van der Waals surface area contributed by atoms with Gasteiger partial charge in [0.25, 0.3) is 0 Å². The number of rotatable bonds is 5. The van der Waals surface area contributed by atoms with Crippen molar-refractivity contribution in [2.75, 3.05) is 44.2 Å². The van der Waals surface area contributed by atoms with E-state index in [1.54, 1.807) is 0 Å². The van der Waals surface area contributed by atoms with Gasteiger partial charge in [-0.2, -0.15) is 9.97 Å². The van der Waals surface area contributed by atoms with E-state index < -0.39 is 23.7 Å². The third-order valence-corrected chi connectivity index (χ3v) is 10.2. The van der Waals surface area contributed by atoms with Crippen LogP contribution in [-0.2, 0) is 6.42 Å². The summed E-state index contributed by atoms with van der Waals surface area (Å²) in [7, 11) is 0. The lowest BCUT2D eigenvalue weighted by atomic mass is 9.95. The summed E-state index contributed by atoms with van der Waals surface area (Å²) in [6, 6.07) is 4.33. The molecule has 4 aliphatic heterocycles.